The molecule has 0 saturated heterocycles. The van der Waals surface area contributed by atoms with Crippen molar-refractivity contribution in [1.29, 1.82) is 0 Å². The summed E-state index contributed by atoms with van der Waals surface area (Å²) < 4.78 is 5.53. The van der Waals surface area contributed by atoms with E-state index in [2.05, 4.69) is 6.92 Å². The highest BCUT2D eigenvalue weighted by atomic mass is 16.5. The van der Waals surface area contributed by atoms with Crippen molar-refractivity contribution in [2.75, 3.05) is 0 Å². The van der Waals surface area contributed by atoms with Gasteiger partial charge in [-0.2, -0.15) is 0 Å². The Bertz CT molecular complexity index is 676. The number of fused-ring (bicyclic) bond motifs is 5. The highest BCUT2D eigenvalue weighted by Gasteiger charge is 2.69. The number of Topliss-reactive ketones (excluding diaryl/α,β-unsaturated/α-hetero) is 1. The molecule has 0 spiro atoms. The van der Waals surface area contributed by atoms with Crippen LogP contribution < -0.4 is 0 Å². The molecule has 4 fully saturated rings. The number of rotatable bonds is 2. The first kappa shape index (κ1) is 20.3. The predicted molar refractivity (Wildman–Crippen MR) is 104 cm³/mol. The number of esters is 1. The second-order valence-electron chi connectivity index (χ2n) is 10.7. The van der Waals surface area contributed by atoms with Gasteiger partial charge >= 0.3 is 5.97 Å². The first-order valence-electron chi connectivity index (χ1n) is 11.1. The molecule has 0 aromatic rings. The molecule has 158 valence electrons. The topological polar surface area (TPSA) is 83.8 Å². The lowest BCUT2D eigenvalue weighted by atomic mass is 9.44. The maximum Gasteiger partial charge on any atom is 0.302 e. The summed E-state index contributed by atoms with van der Waals surface area (Å²) in [6, 6.07) is 0. The van der Waals surface area contributed by atoms with Gasteiger partial charge in [0.15, 0.2) is 11.4 Å². The summed E-state index contributed by atoms with van der Waals surface area (Å²) in [7, 11) is 0. The number of hydrogen-bond acceptors (Lipinski definition) is 5. The minimum Gasteiger partial charge on any atom is -0.463 e. The molecule has 4 aliphatic carbocycles. The fraction of sp³-hybridized carbons (Fsp3) is 0.913. The summed E-state index contributed by atoms with van der Waals surface area (Å²) in [6.45, 7) is 7.38. The van der Waals surface area contributed by atoms with E-state index in [-0.39, 0.29) is 29.2 Å². The molecule has 0 amide bonds. The molecule has 0 radical (unpaired) electrons. The van der Waals surface area contributed by atoms with Gasteiger partial charge in [-0.05, 0) is 87.4 Å². The summed E-state index contributed by atoms with van der Waals surface area (Å²) in [4.78, 5) is 23.8. The van der Waals surface area contributed by atoms with Gasteiger partial charge in [-0.25, -0.2) is 0 Å². The van der Waals surface area contributed by atoms with E-state index in [1.807, 2.05) is 6.92 Å². The highest BCUT2D eigenvalue weighted by molar-refractivity contribution is 5.87. The monoisotopic (exact) mass is 392 g/mol. The van der Waals surface area contributed by atoms with Crippen molar-refractivity contribution in [3.05, 3.63) is 0 Å². The summed E-state index contributed by atoms with van der Waals surface area (Å²) in [5.74, 6) is 1.30. The predicted octanol–water partition coefficient (Wildman–Crippen LogP) is 3.25. The molecule has 0 aromatic heterocycles. The third kappa shape index (κ3) is 2.57. The number of carbonyl (C=O) groups is 2. The van der Waals surface area contributed by atoms with Crippen molar-refractivity contribution in [3.63, 3.8) is 0 Å². The van der Waals surface area contributed by atoms with E-state index < -0.39 is 17.1 Å². The van der Waals surface area contributed by atoms with Crippen LogP contribution in [0, 0.1) is 34.5 Å². The number of aliphatic hydroxyl groups is 2. The van der Waals surface area contributed by atoms with Crippen LogP contribution in [0.1, 0.15) is 79.1 Å². The Morgan fingerprint density at radius 1 is 0.964 bits per heavy atom. The van der Waals surface area contributed by atoms with Crippen LogP contribution in [0.4, 0.5) is 0 Å². The molecule has 4 aliphatic rings. The van der Waals surface area contributed by atoms with E-state index in [1.165, 1.54) is 13.8 Å². The van der Waals surface area contributed by atoms with Crippen molar-refractivity contribution < 1.29 is 24.5 Å². The van der Waals surface area contributed by atoms with Gasteiger partial charge < -0.3 is 14.9 Å². The molecule has 2 N–H and O–H groups in total. The normalized spacial score (nSPS) is 52.9. The smallest absolute Gasteiger partial charge is 0.302 e. The van der Waals surface area contributed by atoms with Crippen molar-refractivity contribution in [2.45, 2.75) is 96.9 Å². The maximum atomic E-state index is 12.4. The number of ether oxygens (including phenoxy) is 1. The lowest BCUT2D eigenvalue weighted by molar-refractivity contribution is -0.183. The van der Waals surface area contributed by atoms with Crippen molar-refractivity contribution in [1.82, 2.24) is 0 Å². The Labute approximate surface area is 168 Å². The van der Waals surface area contributed by atoms with Crippen molar-refractivity contribution in [3.8, 4) is 0 Å². The summed E-state index contributed by atoms with van der Waals surface area (Å²) in [5.41, 5.74) is -1.91. The molecule has 0 bridgehead atoms. The maximum absolute atomic E-state index is 12.4. The van der Waals surface area contributed by atoms with E-state index in [4.69, 9.17) is 4.74 Å². The van der Waals surface area contributed by atoms with Gasteiger partial charge in [-0.15, -0.1) is 0 Å². The van der Waals surface area contributed by atoms with Crippen LogP contribution in [0.15, 0.2) is 0 Å². The molecule has 4 rings (SSSR count). The zero-order valence-electron chi connectivity index (χ0n) is 17.7. The fourth-order valence-electron chi connectivity index (χ4n) is 8.22. The molecule has 4 saturated carbocycles. The molecule has 0 unspecified atom stereocenters. The number of hydrogen-bond donors (Lipinski definition) is 2. The molecule has 5 heteroatoms. The SMILES string of the molecule is CC(=O)O[C@H]1CC[C@@]2(C)[C@H](CC[C@@H]3[C@@H]2CC[C@@]2(C)[C@H]3C[C@@H](O)[C@@]2(O)C(C)=O)C1. The van der Waals surface area contributed by atoms with Crippen molar-refractivity contribution >= 4 is 11.8 Å². The quantitative estimate of drug-likeness (QED) is 0.705. The van der Waals surface area contributed by atoms with E-state index in [0.717, 1.165) is 44.9 Å². The summed E-state index contributed by atoms with van der Waals surface area (Å²) in [6.07, 6.45) is 6.58. The van der Waals surface area contributed by atoms with Crippen molar-refractivity contribution in [2.24, 2.45) is 34.5 Å². The van der Waals surface area contributed by atoms with Gasteiger partial charge in [0.05, 0.1) is 6.10 Å². The number of carbonyl (C=O) groups excluding carboxylic acids is 2. The largest absolute Gasteiger partial charge is 0.463 e. The Morgan fingerprint density at radius 3 is 2.32 bits per heavy atom. The van der Waals surface area contributed by atoms with E-state index in [1.54, 1.807) is 0 Å². The van der Waals surface area contributed by atoms with Gasteiger partial charge in [-0.1, -0.05) is 13.8 Å². The number of aliphatic hydroxyl groups excluding tert-OH is 1. The lowest BCUT2D eigenvalue weighted by Gasteiger charge is -2.61. The Balaban J connectivity index is 1.59. The third-order valence-electron chi connectivity index (χ3n) is 9.71. The van der Waals surface area contributed by atoms with Gasteiger partial charge in [-0.3, -0.25) is 9.59 Å². The zero-order valence-corrected chi connectivity index (χ0v) is 17.7. The van der Waals surface area contributed by atoms with Gasteiger partial charge in [0.2, 0.25) is 0 Å². The first-order chi connectivity index (χ1) is 13.0. The third-order valence-corrected chi connectivity index (χ3v) is 9.71. The highest BCUT2D eigenvalue weighted by Crippen LogP contribution is 2.68. The van der Waals surface area contributed by atoms with Crippen LogP contribution in [0.3, 0.4) is 0 Å². The minimum atomic E-state index is -1.60. The number of ketones is 1. The molecule has 0 aliphatic heterocycles. The average molecular weight is 393 g/mol. The molecule has 9 atom stereocenters. The molecule has 0 heterocycles. The molecule has 28 heavy (non-hydrogen) atoms. The summed E-state index contributed by atoms with van der Waals surface area (Å²) >= 11 is 0. The fourth-order valence-corrected chi connectivity index (χ4v) is 8.22. The van der Waals surface area contributed by atoms with Crippen LogP contribution in [-0.4, -0.2) is 39.8 Å². The van der Waals surface area contributed by atoms with E-state index in [9.17, 15) is 19.8 Å². The molecule has 0 aromatic carbocycles. The van der Waals surface area contributed by atoms with Gasteiger partial charge in [0.25, 0.3) is 0 Å². The Kier molecular flexibility index (Phi) is 4.74. The second-order valence-corrected chi connectivity index (χ2v) is 10.7. The molecular formula is C23H36O5. The zero-order chi connectivity index (χ0) is 20.5. The van der Waals surface area contributed by atoms with Gasteiger partial charge in [0.1, 0.15) is 6.10 Å². The van der Waals surface area contributed by atoms with E-state index >= 15 is 0 Å². The molecular weight excluding hydrogens is 356 g/mol. The lowest BCUT2D eigenvalue weighted by Crippen LogP contribution is -2.60. The van der Waals surface area contributed by atoms with E-state index in [0.29, 0.717) is 24.2 Å². The average Bonchev–Trinajstić information content (AvgIpc) is 2.83. The minimum absolute atomic E-state index is 0.0529. The van der Waals surface area contributed by atoms with Gasteiger partial charge in [0, 0.05) is 12.3 Å². The van der Waals surface area contributed by atoms with Crippen LogP contribution in [0.2, 0.25) is 0 Å². The Morgan fingerprint density at radius 2 is 1.68 bits per heavy atom. The molecule has 5 nitrogen and oxygen atoms in total. The van der Waals surface area contributed by atoms with Crippen LogP contribution in [0.25, 0.3) is 0 Å². The first-order valence-corrected chi connectivity index (χ1v) is 11.1. The Hall–Kier alpha value is -0.940. The second kappa shape index (κ2) is 6.53. The standard InChI is InChI=1S/C23H36O5/c1-13(24)23(27)20(26)12-19-17-6-5-15-11-16(28-14(2)25)7-9-21(15,3)18(17)8-10-22(19,23)4/h15-20,26-27H,5-12H2,1-4H3/t15-,16+,17-,18+,19+,20-,21+,22+,23+/m1/s1. The van der Waals surface area contributed by atoms with Crippen LogP contribution >= 0.6 is 0 Å². The van der Waals surface area contributed by atoms with Crippen LogP contribution in [-0.2, 0) is 14.3 Å². The van der Waals surface area contributed by atoms with Crippen LogP contribution in [0.5, 0.6) is 0 Å². The summed E-state index contributed by atoms with van der Waals surface area (Å²) in [5, 5.41) is 21.9.